The molecule has 6 nitrogen and oxygen atoms in total. The van der Waals surface area contributed by atoms with Gasteiger partial charge in [0.2, 0.25) is 5.28 Å². The Bertz CT molecular complexity index is 1050. The number of halogens is 6. The largest absolute Gasteiger partial charge is 0.490 e. The lowest BCUT2D eigenvalue weighted by atomic mass is 10.1. The summed E-state index contributed by atoms with van der Waals surface area (Å²) in [6, 6.07) is 2.68. The van der Waals surface area contributed by atoms with Gasteiger partial charge in [0, 0.05) is 17.5 Å². The van der Waals surface area contributed by atoms with Crippen LogP contribution in [0.1, 0.15) is 11.1 Å². The summed E-state index contributed by atoms with van der Waals surface area (Å²) in [5, 5.41) is 12.1. The van der Waals surface area contributed by atoms with Crippen LogP contribution in [-0.2, 0) is 12.7 Å². The minimum absolute atomic E-state index is 0.129. The molecule has 0 aliphatic heterocycles. The molecule has 0 radical (unpaired) electrons. The zero-order valence-corrected chi connectivity index (χ0v) is 15.9. The summed E-state index contributed by atoms with van der Waals surface area (Å²) in [6.07, 6.45) is -3.50. The molecule has 1 aromatic carbocycles. The van der Waals surface area contributed by atoms with Crippen LogP contribution < -0.4 is 10.1 Å². The molecule has 0 spiro atoms. The fraction of sp³-hybridized carbons (Fsp3) is 0.235. The van der Waals surface area contributed by atoms with Crippen molar-refractivity contribution >= 4 is 39.9 Å². The number of hydrogen-bond acceptors (Lipinski definition) is 6. The second-order valence-corrected chi connectivity index (χ2v) is 6.46. The zero-order valence-electron chi connectivity index (χ0n) is 14.4. The van der Waals surface area contributed by atoms with Crippen LogP contribution in [0.2, 0.25) is 10.4 Å². The van der Waals surface area contributed by atoms with Crippen molar-refractivity contribution in [2.45, 2.75) is 12.7 Å². The molecule has 29 heavy (non-hydrogen) atoms. The molecule has 0 amide bonds. The number of pyridine rings is 1. The van der Waals surface area contributed by atoms with Crippen molar-refractivity contribution in [1.29, 1.82) is 0 Å². The predicted molar refractivity (Wildman–Crippen MR) is 98.7 cm³/mol. The van der Waals surface area contributed by atoms with Gasteiger partial charge >= 0.3 is 6.18 Å². The molecule has 12 heteroatoms. The molecule has 0 aliphatic carbocycles. The standard InChI is InChI=1S/C17H12Cl2F4N4O2/c18-13-5-10-12(7-24-13)26-16(19)27-15(10)25-6-8-3-9(20)4-11(17(21,22)23)14(8)29-2-1-28/h3-5,7,28H,1-2,6H2,(H,25,26,27). The molecule has 154 valence electrons. The molecule has 0 unspecified atom stereocenters. The van der Waals surface area contributed by atoms with E-state index < -0.39 is 36.5 Å². The fourth-order valence-corrected chi connectivity index (χ4v) is 2.94. The molecule has 3 rings (SSSR count). The van der Waals surface area contributed by atoms with Crippen LogP contribution in [0, 0.1) is 5.82 Å². The first kappa shape index (κ1) is 21.3. The third-order valence-corrected chi connectivity index (χ3v) is 4.12. The molecule has 0 atom stereocenters. The summed E-state index contributed by atoms with van der Waals surface area (Å²) < 4.78 is 58.8. The van der Waals surface area contributed by atoms with Crippen LogP contribution >= 0.6 is 23.2 Å². The molecule has 2 heterocycles. The Kier molecular flexibility index (Phi) is 6.25. The third-order valence-electron chi connectivity index (χ3n) is 3.74. The van der Waals surface area contributed by atoms with Gasteiger partial charge in [0.25, 0.3) is 0 Å². The van der Waals surface area contributed by atoms with Gasteiger partial charge in [-0.25, -0.2) is 19.3 Å². The van der Waals surface area contributed by atoms with Gasteiger partial charge in [-0.1, -0.05) is 11.6 Å². The highest BCUT2D eigenvalue weighted by Gasteiger charge is 2.36. The van der Waals surface area contributed by atoms with Crippen molar-refractivity contribution in [1.82, 2.24) is 15.0 Å². The molecule has 0 aliphatic rings. The van der Waals surface area contributed by atoms with E-state index in [2.05, 4.69) is 20.3 Å². The number of fused-ring (bicyclic) bond motifs is 1. The van der Waals surface area contributed by atoms with Crippen molar-refractivity contribution in [2.24, 2.45) is 0 Å². The zero-order chi connectivity index (χ0) is 21.2. The highest BCUT2D eigenvalue weighted by Crippen LogP contribution is 2.39. The van der Waals surface area contributed by atoms with Crippen LogP contribution in [0.5, 0.6) is 5.75 Å². The number of ether oxygens (including phenoxy) is 1. The fourth-order valence-electron chi connectivity index (χ4n) is 2.60. The summed E-state index contributed by atoms with van der Waals surface area (Å²) in [6.45, 7) is -1.20. The van der Waals surface area contributed by atoms with Crippen molar-refractivity contribution in [3.63, 3.8) is 0 Å². The SMILES string of the molecule is OCCOc1c(CNc2nc(Cl)nc3cnc(Cl)cc23)cc(F)cc1C(F)(F)F. The topological polar surface area (TPSA) is 80.2 Å². The molecule has 2 aromatic heterocycles. The van der Waals surface area contributed by atoms with E-state index in [1.165, 1.54) is 12.3 Å². The Hall–Kier alpha value is -2.43. The maximum atomic E-state index is 13.9. The van der Waals surface area contributed by atoms with Crippen LogP contribution in [-0.4, -0.2) is 33.3 Å². The Labute approximate surface area is 171 Å². The number of nitrogens with one attached hydrogen (secondary N) is 1. The summed E-state index contributed by atoms with van der Waals surface area (Å²) in [5.74, 6) is -1.52. The smallest absolute Gasteiger partial charge is 0.420 e. The maximum absolute atomic E-state index is 13.9. The van der Waals surface area contributed by atoms with E-state index in [0.29, 0.717) is 17.0 Å². The Morgan fingerprint density at radius 1 is 1.14 bits per heavy atom. The van der Waals surface area contributed by atoms with E-state index in [1.807, 2.05) is 0 Å². The number of alkyl halides is 3. The van der Waals surface area contributed by atoms with Crippen molar-refractivity contribution < 1.29 is 27.4 Å². The molecule has 0 saturated carbocycles. The van der Waals surface area contributed by atoms with E-state index in [-0.39, 0.29) is 28.4 Å². The number of aromatic nitrogens is 3. The van der Waals surface area contributed by atoms with Gasteiger partial charge in [-0.3, -0.25) is 0 Å². The van der Waals surface area contributed by atoms with Gasteiger partial charge < -0.3 is 15.2 Å². The lowest BCUT2D eigenvalue weighted by molar-refractivity contribution is -0.139. The third kappa shape index (κ3) is 4.95. The van der Waals surface area contributed by atoms with E-state index in [0.717, 1.165) is 6.07 Å². The summed E-state index contributed by atoms with van der Waals surface area (Å²) in [5.41, 5.74) is -1.07. The summed E-state index contributed by atoms with van der Waals surface area (Å²) in [4.78, 5) is 11.9. The number of anilines is 1. The number of aliphatic hydroxyl groups is 1. The van der Waals surface area contributed by atoms with E-state index in [9.17, 15) is 17.6 Å². The monoisotopic (exact) mass is 450 g/mol. The first-order valence-electron chi connectivity index (χ1n) is 8.05. The molecular weight excluding hydrogens is 439 g/mol. The van der Waals surface area contributed by atoms with Crippen molar-refractivity contribution in [3.8, 4) is 5.75 Å². The van der Waals surface area contributed by atoms with Crippen LogP contribution in [0.15, 0.2) is 24.4 Å². The maximum Gasteiger partial charge on any atom is 0.420 e. The lowest BCUT2D eigenvalue weighted by Crippen LogP contribution is -2.15. The van der Waals surface area contributed by atoms with Crippen molar-refractivity contribution in [2.75, 3.05) is 18.5 Å². The molecule has 0 fully saturated rings. The van der Waals surface area contributed by atoms with Crippen LogP contribution in [0.4, 0.5) is 23.4 Å². The Morgan fingerprint density at radius 3 is 2.59 bits per heavy atom. The molecule has 0 bridgehead atoms. The molecular formula is C17H12Cl2F4N4O2. The average molecular weight is 451 g/mol. The molecule has 0 saturated heterocycles. The quantitative estimate of drug-likeness (QED) is 0.327. The number of hydrogen-bond donors (Lipinski definition) is 2. The van der Waals surface area contributed by atoms with Crippen LogP contribution in [0.3, 0.4) is 0 Å². The van der Waals surface area contributed by atoms with Gasteiger partial charge in [0.15, 0.2) is 0 Å². The average Bonchev–Trinajstić information content (AvgIpc) is 2.64. The van der Waals surface area contributed by atoms with Crippen LogP contribution in [0.25, 0.3) is 10.9 Å². The van der Waals surface area contributed by atoms with Gasteiger partial charge in [0.1, 0.15) is 34.7 Å². The number of aliphatic hydroxyl groups excluding tert-OH is 1. The van der Waals surface area contributed by atoms with Gasteiger partial charge in [-0.05, 0) is 29.8 Å². The number of nitrogens with zero attached hydrogens (tertiary/aromatic N) is 3. The second kappa shape index (κ2) is 8.52. The van der Waals surface area contributed by atoms with E-state index in [1.54, 1.807) is 0 Å². The second-order valence-electron chi connectivity index (χ2n) is 5.73. The van der Waals surface area contributed by atoms with Gasteiger partial charge in [-0.15, -0.1) is 0 Å². The van der Waals surface area contributed by atoms with Crippen molar-refractivity contribution in [3.05, 3.63) is 51.8 Å². The van der Waals surface area contributed by atoms with E-state index in [4.69, 9.17) is 33.0 Å². The highest BCUT2D eigenvalue weighted by atomic mass is 35.5. The Morgan fingerprint density at radius 2 is 1.90 bits per heavy atom. The lowest BCUT2D eigenvalue weighted by Gasteiger charge is -2.18. The van der Waals surface area contributed by atoms with Gasteiger partial charge in [-0.2, -0.15) is 13.2 Å². The first-order valence-corrected chi connectivity index (χ1v) is 8.80. The van der Waals surface area contributed by atoms with Gasteiger partial charge in [0.05, 0.1) is 18.3 Å². The first-order chi connectivity index (χ1) is 13.7. The molecule has 3 aromatic rings. The normalized spacial score (nSPS) is 11.7. The highest BCUT2D eigenvalue weighted by molar-refractivity contribution is 6.30. The summed E-state index contributed by atoms with van der Waals surface area (Å²) >= 11 is 11.7. The minimum Gasteiger partial charge on any atom is -0.490 e. The molecule has 2 N–H and O–H groups in total. The predicted octanol–water partition coefficient (Wildman–Crippen LogP) is 4.47. The number of rotatable bonds is 6. The number of benzene rings is 1. The Balaban J connectivity index is 2.02. The van der Waals surface area contributed by atoms with E-state index >= 15 is 0 Å². The summed E-state index contributed by atoms with van der Waals surface area (Å²) in [7, 11) is 0. The minimum atomic E-state index is -4.86.